The highest BCUT2D eigenvalue weighted by Crippen LogP contribution is 2.28. The molecule has 0 heterocycles. The molecule has 0 bridgehead atoms. The molecular weight excluding hydrogens is 402 g/mol. The van der Waals surface area contributed by atoms with Crippen LogP contribution in [0.5, 0.6) is 17.2 Å². The zero-order valence-electron chi connectivity index (χ0n) is 17.2. The van der Waals surface area contributed by atoms with Gasteiger partial charge in [-0.15, -0.1) is 0 Å². The van der Waals surface area contributed by atoms with Crippen LogP contribution < -0.4 is 18.9 Å². The molecule has 0 aliphatic heterocycles. The van der Waals surface area contributed by atoms with E-state index in [1.165, 1.54) is 13.2 Å². The summed E-state index contributed by atoms with van der Waals surface area (Å²) >= 11 is 0. The Morgan fingerprint density at radius 2 is 1.33 bits per heavy atom. The second kappa shape index (κ2) is 9.65. The second-order valence-corrected chi connectivity index (χ2v) is 8.33. The van der Waals surface area contributed by atoms with E-state index in [1.54, 1.807) is 32.4 Å². The van der Waals surface area contributed by atoms with Gasteiger partial charge >= 0.3 is 0 Å². The predicted molar refractivity (Wildman–Crippen MR) is 116 cm³/mol. The largest absolute Gasteiger partial charge is 0.497 e. The first-order valence-corrected chi connectivity index (χ1v) is 10.9. The molecule has 7 heteroatoms. The van der Waals surface area contributed by atoms with Crippen LogP contribution in [-0.4, -0.2) is 29.7 Å². The summed E-state index contributed by atoms with van der Waals surface area (Å²) in [6, 6.07) is 21.0. The molecule has 3 rings (SSSR count). The van der Waals surface area contributed by atoms with Crippen molar-refractivity contribution in [1.29, 1.82) is 0 Å². The third-order valence-corrected chi connectivity index (χ3v) is 6.28. The maximum absolute atomic E-state index is 13.2. The maximum Gasteiger partial charge on any atom is 0.244 e. The molecule has 1 unspecified atom stereocenters. The first-order valence-electron chi connectivity index (χ1n) is 9.39. The van der Waals surface area contributed by atoms with Gasteiger partial charge in [0.2, 0.25) is 10.0 Å². The SMILES string of the molecule is COc1ccc(CC(NS(=O)(=O)c2ccccc2OC)c2ccc(OC)cc2)cc1. The van der Waals surface area contributed by atoms with E-state index in [4.69, 9.17) is 14.2 Å². The third kappa shape index (κ3) is 5.11. The fraction of sp³-hybridized carbons (Fsp3) is 0.217. The van der Waals surface area contributed by atoms with Gasteiger partial charge in [-0.2, -0.15) is 0 Å². The number of hydrogen-bond acceptors (Lipinski definition) is 5. The molecule has 0 aromatic heterocycles. The van der Waals surface area contributed by atoms with Crippen LogP contribution in [0.3, 0.4) is 0 Å². The molecule has 158 valence electrons. The van der Waals surface area contributed by atoms with Gasteiger partial charge in [0.05, 0.1) is 27.4 Å². The summed E-state index contributed by atoms with van der Waals surface area (Å²) in [5.41, 5.74) is 1.80. The van der Waals surface area contributed by atoms with E-state index < -0.39 is 16.1 Å². The monoisotopic (exact) mass is 427 g/mol. The van der Waals surface area contributed by atoms with Crippen molar-refractivity contribution in [3.8, 4) is 17.2 Å². The Bertz CT molecular complexity index is 1060. The summed E-state index contributed by atoms with van der Waals surface area (Å²) in [4.78, 5) is 0.0979. The molecule has 3 aromatic carbocycles. The van der Waals surface area contributed by atoms with E-state index in [0.717, 1.165) is 16.9 Å². The van der Waals surface area contributed by atoms with Crippen molar-refractivity contribution in [2.24, 2.45) is 0 Å². The summed E-state index contributed by atoms with van der Waals surface area (Å²) < 4.78 is 44.9. The second-order valence-electron chi connectivity index (χ2n) is 6.65. The molecule has 0 aliphatic carbocycles. The topological polar surface area (TPSA) is 73.9 Å². The minimum Gasteiger partial charge on any atom is -0.497 e. The van der Waals surface area contributed by atoms with Gasteiger partial charge in [-0.3, -0.25) is 0 Å². The molecule has 6 nitrogen and oxygen atoms in total. The highest BCUT2D eigenvalue weighted by atomic mass is 32.2. The number of nitrogens with one attached hydrogen (secondary N) is 1. The van der Waals surface area contributed by atoms with Gasteiger partial charge in [-0.25, -0.2) is 13.1 Å². The highest BCUT2D eigenvalue weighted by molar-refractivity contribution is 7.89. The van der Waals surface area contributed by atoms with Crippen molar-refractivity contribution in [3.63, 3.8) is 0 Å². The quantitative estimate of drug-likeness (QED) is 0.559. The molecule has 1 atom stereocenters. The van der Waals surface area contributed by atoms with Gasteiger partial charge < -0.3 is 14.2 Å². The lowest BCUT2D eigenvalue weighted by molar-refractivity contribution is 0.402. The third-order valence-electron chi connectivity index (χ3n) is 4.77. The fourth-order valence-electron chi connectivity index (χ4n) is 3.15. The zero-order valence-corrected chi connectivity index (χ0v) is 18.0. The molecule has 0 saturated heterocycles. The summed E-state index contributed by atoms with van der Waals surface area (Å²) in [6.07, 6.45) is 0.463. The predicted octanol–water partition coefficient (Wildman–Crippen LogP) is 3.97. The summed E-state index contributed by atoms with van der Waals surface area (Å²) in [5.74, 6) is 1.74. The Kier molecular flexibility index (Phi) is 6.97. The van der Waals surface area contributed by atoms with Crippen LogP contribution >= 0.6 is 0 Å². The van der Waals surface area contributed by atoms with Crippen molar-refractivity contribution >= 4 is 10.0 Å². The van der Waals surface area contributed by atoms with Gasteiger partial charge in [0, 0.05) is 0 Å². The number of hydrogen-bond donors (Lipinski definition) is 1. The van der Waals surface area contributed by atoms with Crippen LogP contribution in [-0.2, 0) is 16.4 Å². The van der Waals surface area contributed by atoms with Gasteiger partial charge in [-0.1, -0.05) is 36.4 Å². The molecule has 0 aliphatic rings. The lowest BCUT2D eigenvalue weighted by atomic mass is 9.99. The van der Waals surface area contributed by atoms with E-state index in [1.807, 2.05) is 48.5 Å². The van der Waals surface area contributed by atoms with Crippen LogP contribution in [0.1, 0.15) is 17.2 Å². The van der Waals surface area contributed by atoms with Crippen LogP contribution in [0.25, 0.3) is 0 Å². The smallest absolute Gasteiger partial charge is 0.244 e. The molecule has 3 aromatic rings. The molecular formula is C23H25NO5S. The molecule has 0 radical (unpaired) electrons. The highest BCUT2D eigenvalue weighted by Gasteiger charge is 2.24. The van der Waals surface area contributed by atoms with E-state index >= 15 is 0 Å². The van der Waals surface area contributed by atoms with E-state index in [2.05, 4.69) is 4.72 Å². The van der Waals surface area contributed by atoms with E-state index in [9.17, 15) is 8.42 Å². The fourth-order valence-corrected chi connectivity index (χ4v) is 4.55. The van der Waals surface area contributed by atoms with Crippen LogP contribution in [0.4, 0.5) is 0 Å². The van der Waals surface area contributed by atoms with Crippen LogP contribution in [0.2, 0.25) is 0 Å². The first kappa shape index (κ1) is 21.7. The van der Waals surface area contributed by atoms with Gasteiger partial charge in [0.15, 0.2) is 0 Å². The molecule has 0 spiro atoms. The lowest BCUT2D eigenvalue weighted by Gasteiger charge is -2.21. The van der Waals surface area contributed by atoms with E-state index in [-0.39, 0.29) is 4.90 Å². The zero-order chi connectivity index (χ0) is 21.6. The minimum absolute atomic E-state index is 0.0979. The van der Waals surface area contributed by atoms with Gasteiger partial charge in [-0.05, 0) is 53.9 Å². The Morgan fingerprint density at radius 3 is 1.90 bits per heavy atom. The van der Waals surface area contributed by atoms with E-state index in [0.29, 0.717) is 17.9 Å². The normalized spacial score (nSPS) is 12.2. The number of ether oxygens (including phenoxy) is 3. The molecule has 0 saturated carbocycles. The Labute approximate surface area is 177 Å². The van der Waals surface area contributed by atoms with Crippen LogP contribution in [0.15, 0.2) is 77.7 Å². The van der Waals surface area contributed by atoms with Crippen molar-refractivity contribution in [3.05, 3.63) is 83.9 Å². The average molecular weight is 428 g/mol. The average Bonchev–Trinajstić information content (AvgIpc) is 2.79. The Hall–Kier alpha value is -3.03. The van der Waals surface area contributed by atoms with Crippen molar-refractivity contribution < 1.29 is 22.6 Å². The molecule has 0 amide bonds. The first-order chi connectivity index (χ1) is 14.5. The summed E-state index contributed by atoms with van der Waals surface area (Å²) in [5, 5.41) is 0. The molecule has 1 N–H and O–H groups in total. The Balaban J connectivity index is 1.95. The van der Waals surface area contributed by atoms with Crippen LogP contribution in [0, 0.1) is 0 Å². The number of benzene rings is 3. The number of methoxy groups -OCH3 is 3. The van der Waals surface area contributed by atoms with Crippen molar-refractivity contribution in [1.82, 2.24) is 4.72 Å². The Morgan fingerprint density at radius 1 is 0.767 bits per heavy atom. The lowest BCUT2D eigenvalue weighted by Crippen LogP contribution is -2.30. The van der Waals surface area contributed by atoms with Gasteiger partial charge in [0.25, 0.3) is 0 Å². The maximum atomic E-state index is 13.2. The summed E-state index contributed by atoms with van der Waals surface area (Å²) in [7, 11) is 0.820. The number of rotatable bonds is 9. The molecule has 30 heavy (non-hydrogen) atoms. The number of sulfonamides is 1. The van der Waals surface area contributed by atoms with Crippen molar-refractivity contribution in [2.75, 3.05) is 21.3 Å². The standard InChI is InChI=1S/C23H25NO5S/c1-27-19-12-8-17(9-13-19)16-21(18-10-14-20(28-2)15-11-18)24-30(25,26)23-7-5-4-6-22(23)29-3/h4-15,21,24H,16H2,1-3H3. The summed E-state index contributed by atoms with van der Waals surface area (Å²) in [6.45, 7) is 0. The van der Waals surface area contributed by atoms with Gasteiger partial charge in [0.1, 0.15) is 22.1 Å². The number of para-hydroxylation sites is 1. The van der Waals surface area contributed by atoms with Crippen molar-refractivity contribution in [2.45, 2.75) is 17.4 Å². The minimum atomic E-state index is -3.83. The molecule has 0 fully saturated rings.